The fourth-order valence-corrected chi connectivity index (χ4v) is 4.70. The van der Waals surface area contributed by atoms with Crippen LogP contribution in [0.4, 0.5) is 0 Å². The number of rotatable bonds is 8. The number of hydrogen-bond donors (Lipinski definition) is 2. The smallest absolute Gasteiger partial charge is 0.279 e. The van der Waals surface area contributed by atoms with Crippen LogP contribution < -0.4 is 10.0 Å². The first kappa shape index (κ1) is 16.2. The van der Waals surface area contributed by atoms with Crippen LogP contribution in [0.2, 0.25) is 0 Å². The van der Waals surface area contributed by atoms with Crippen LogP contribution in [0.1, 0.15) is 46.0 Å². The summed E-state index contributed by atoms with van der Waals surface area (Å²) in [4.78, 5) is 0. The zero-order valence-electron chi connectivity index (χ0n) is 12.8. The predicted molar refractivity (Wildman–Crippen MR) is 81.7 cm³/mol. The highest BCUT2D eigenvalue weighted by Crippen LogP contribution is 2.35. The Balaban J connectivity index is 1.82. The minimum absolute atomic E-state index is 0.189. The summed E-state index contributed by atoms with van der Waals surface area (Å²) in [6.45, 7) is 7.43. The monoisotopic (exact) mass is 303 g/mol. The molecule has 0 bridgehead atoms. The van der Waals surface area contributed by atoms with Crippen LogP contribution >= 0.6 is 0 Å². The highest BCUT2D eigenvalue weighted by molar-refractivity contribution is 7.87. The Kier molecular flexibility index (Phi) is 5.84. The van der Waals surface area contributed by atoms with Gasteiger partial charge >= 0.3 is 0 Å². The molecule has 3 atom stereocenters. The molecule has 0 radical (unpaired) electrons. The maximum absolute atomic E-state index is 12.4. The summed E-state index contributed by atoms with van der Waals surface area (Å²) in [7, 11) is -3.27. The van der Waals surface area contributed by atoms with Gasteiger partial charge in [0.1, 0.15) is 0 Å². The Morgan fingerprint density at radius 2 is 2.10 bits per heavy atom. The molecule has 6 heteroatoms. The fourth-order valence-electron chi connectivity index (χ4n) is 3.11. The largest absolute Gasteiger partial charge is 0.317 e. The summed E-state index contributed by atoms with van der Waals surface area (Å²) in [6.07, 6.45) is 5.39. The lowest BCUT2D eigenvalue weighted by atomic mass is 10.00. The van der Waals surface area contributed by atoms with E-state index in [0.717, 1.165) is 45.2 Å². The number of piperidine rings is 1. The van der Waals surface area contributed by atoms with Crippen LogP contribution in [0.5, 0.6) is 0 Å². The Morgan fingerprint density at radius 3 is 2.80 bits per heavy atom. The van der Waals surface area contributed by atoms with E-state index in [-0.39, 0.29) is 6.04 Å². The molecule has 0 aromatic heterocycles. The summed E-state index contributed by atoms with van der Waals surface area (Å²) in [6, 6.07) is 0.189. The van der Waals surface area contributed by atoms with E-state index in [1.165, 1.54) is 0 Å². The molecule has 3 unspecified atom stereocenters. The molecule has 20 heavy (non-hydrogen) atoms. The third-order valence-corrected chi connectivity index (χ3v) is 6.00. The highest BCUT2D eigenvalue weighted by Gasteiger charge is 2.41. The van der Waals surface area contributed by atoms with Gasteiger partial charge in [-0.2, -0.15) is 17.4 Å². The first-order chi connectivity index (χ1) is 9.56. The van der Waals surface area contributed by atoms with Crippen molar-refractivity contribution >= 4 is 10.2 Å². The standard InChI is InChI=1S/C14H29N3O2S/c1-3-6-13-9-14(13)16-20(18,19)17-8-5-7-12(11-17)10-15-4-2/h12-16H,3-11H2,1-2H3. The quantitative estimate of drug-likeness (QED) is 0.711. The molecule has 0 aromatic rings. The van der Waals surface area contributed by atoms with E-state index < -0.39 is 10.2 Å². The lowest BCUT2D eigenvalue weighted by Gasteiger charge is -2.32. The molecule has 1 saturated heterocycles. The first-order valence-electron chi connectivity index (χ1n) is 8.05. The molecular weight excluding hydrogens is 274 g/mol. The SMILES string of the molecule is CCCC1CC1NS(=O)(=O)N1CCCC(CNCC)C1. The predicted octanol–water partition coefficient (Wildman–Crippen LogP) is 1.33. The van der Waals surface area contributed by atoms with Crippen LogP contribution in [0.15, 0.2) is 0 Å². The number of nitrogens with one attached hydrogen (secondary N) is 2. The van der Waals surface area contributed by atoms with Gasteiger partial charge in [0.15, 0.2) is 0 Å². The molecule has 0 aromatic carbocycles. The highest BCUT2D eigenvalue weighted by atomic mass is 32.2. The molecule has 2 aliphatic rings. The van der Waals surface area contributed by atoms with Crippen LogP contribution in [0.25, 0.3) is 0 Å². The van der Waals surface area contributed by atoms with Crippen molar-refractivity contribution in [3.8, 4) is 0 Å². The Labute approximate surface area is 123 Å². The van der Waals surface area contributed by atoms with Crippen molar-refractivity contribution in [1.82, 2.24) is 14.3 Å². The van der Waals surface area contributed by atoms with Crippen molar-refractivity contribution in [2.45, 2.75) is 52.0 Å². The van der Waals surface area contributed by atoms with Gasteiger partial charge in [-0.15, -0.1) is 0 Å². The van der Waals surface area contributed by atoms with E-state index >= 15 is 0 Å². The molecule has 0 spiro atoms. The summed E-state index contributed by atoms with van der Waals surface area (Å²) >= 11 is 0. The molecule has 2 fully saturated rings. The Hall–Kier alpha value is -0.170. The van der Waals surface area contributed by atoms with Gasteiger partial charge in [-0.1, -0.05) is 20.3 Å². The van der Waals surface area contributed by atoms with Crippen molar-refractivity contribution in [2.75, 3.05) is 26.2 Å². The van der Waals surface area contributed by atoms with Gasteiger partial charge in [0.05, 0.1) is 0 Å². The van der Waals surface area contributed by atoms with Crippen molar-refractivity contribution in [2.24, 2.45) is 11.8 Å². The molecule has 2 N–H and O–H groups in total. The van der Waals surface area contributed by atoms with Crippen LogP contribution in [0.3, 0.4) is 0 Å². The average Bonchev–Trinajstić information content (AvgIpc) is 3.14. The van der Waals surface area contributed by atoms with E-state index in [9.17, 15) is 8.42 Å². The summed E-state index contributed by atoms with van der Waals surface area (Å²) in [5.74, 6) is 1.02. The van der Waals surface area contributed by atoms with E-state index in [2.05, 4.69) is 23.9 Å². The van der Waals surface area contributed by atoms with E-state index in [1.54, 1.807) is 4.31 Å². The molecule has 2 rings (SSSR count). The Bertz CT molecular complexity index is 399. The van der Waals surface area contributed by atoms with Gasteiger partial charge in [0, 0.05) is 19.1 Å². The maximum atomic E-state index is 12.4. The first-order valence-corrected chi connectivity index (χ1v) is 9.49. The molecular formula is C14H29N3O2S. The number of hydrogen-bond acceptors (Lipinski definition) is 3. The van der Waals surface area contributed by atoms with Gasteiger partial charge in [-0.3, -0.25) is 0 Å². The molecule has 0 amide bonds. The molecule has 1 heterocycles. The summed E-state index contributed by atoms with van der Waals surface area (Å²) in [5, 5.41) is 3.32. The summed E-state index contributed by atoms with van der Waals surface area (Å²) in [5.41, 5.74) is 0. The molecule has 1 aliphatic carbocycles. The van der Waals surface area contributed by atoms with Crippen LogP contribution in [0, 0.1) is 11.8 Å². The van der Waals surface area contributed by atoms with E-state index in [4.69, 9.17) is 0 Å². The average molecular weight is 303 g/mol. The third-order valence-electron chi connectivity index (χ3n) is 4.39. The lowest BCUT2D eigenvalue weighted by molar-refractivity contribution is 0.258. The number of nitrogens with zero attached hydrogens (tertiary/aromatic N) is 1. The van der Waals surface area contributed by atoms with Crippen molar-refractivity contribution < 1.29 is 8.42 Å². The second kappa shape index (κ2) is 7.20. The Morgan fingerprint density at radius 1 is 1.30 bits per heavy atom. The molecule has 1 aliphatic heterocycles. The zero-order valence-corrected chi connectivity index (χ0v) is 13.6. The van der Waals surface area contributed by atoms with E-state index in [1.807, 2.05) is 0 Å². The van der Waals surface area contributed by atoms with Gasteiger partial charge < -0.3 is 5.32 Å². The fraction of sp³-hybridized carbons (Fsp3) is 1.00. The zero-order chi connectivity index (χ0) is 14.6. The topological polar surface area (TPSA) is 61.4 Å². The van der Waals surface area contributed by atoms with Crippen molar-refractivity contribution in [3.05, 3.63) is 0 Å². The molecule has 5 nitrogen and oxygen atoms in total. The van der Waals surface area contributed by atoms with Gasteiger partial charge in [0.2, 0.25) is 0 Å². The van der Waals surface area contributed by atoms with Crippen molar-refractivity contribution in [1.29, 1.82) is 0 Å². The second-order valence-electron chi connectivity index (χ2n) is 6.19. The maximum Gasteiger partial charge on any atom is 0.279 e. The third kappa shape index (κ3) is 4.41. The van der Waals surface area contributed by atoms with E-state index in [0.29, 0.717) is 24.9 Å². The summed E-state index contributed by atoms with van der Waals surface area (Å²) < 4.78 is 29.3. The van der Waals surface area contributed by atoms with Gasteiger partial charge in [-0.05, 0) is 50.6 Å². The van der Waals surface area contributed by atoms with Crippen molar-refractivity contribution in [3.63, 3.8) is 0 Å². The normalized spacial score (nSPS) is 31.4. The minimum atomic E-state index is -3.27. The van der Waals surface area contributed by atoms with Gasteiger partial charge in [-0.25, -0.2) is 0 Å². The lowest BCUT2D eigenvalue weighted by Crippen LogP contribution is -2.48. The van der Waals surface area contributed by atoms with Crippen LogP contribution in [-0.4, -0.2) is 44.9 Å². The molecule has 1 saturated carbocycles. The second-order valence-corrected chi connectivity index (χ2v) is 7.89. The van der Waals surface area contributed by atoms with Gasteiger partial charge in [0.25, 0.3) is 10.2 Å². The minimum Gasteiger partial charge on any atom is -0.317 e. The van der Waals surface area contributed by atoms with Crippen LogP contribution in [-0.2, 0) is 10.2 Å². The molecule has 118 valence electrons.